The molecule has 0 aliphatic heterocycles. The largest absolute Gasteiger partial charge is 0.295 e. The van der Waals surface area contributed by atoms with E-state index in [1.807, 2.05) is 35.7 Å². The minimum absolute atomic E-state index is 0.176. The standard InChI is InChI=1S/C21H26N4O/c1-13-19(25-6-4-3-5-18(25)22-13)20(26)24-23-14(2)21-10-15-7-16(11-21)9-17(8-15)12-21/h3-6,15-17H,7-12H2,1-2H3,(H,24,26)/b23-14-. The lowest BCUT2D eigenvalue weighted by Gasteiger charge is -2.56. The predicted molar refractivity (Wildman–Crippen MR) is 101 cm³/mol. The van der Waals surface area contributed by atoms with E-state index in [0.717, 1.165) is 34.8 Å². The fourth-order valence-corrected chi connectivity index (χ4v) is 6.25. The molecule has 4 aliphatic rings. The normalized spacial score (nSPS) is 33.0. The number of fused-ring (bicyclic) bond motifs is 1. The van der Waals surface area contributed by atoms with Gasteiger partial charge < -0.3 is 0 Å². The molecule has 1 N–H and O–H groups in total. The van der Waals surface area contributed by atoms with Gasteiger partial charge in [0.2, 0.25) is 0 Å². The Hall–Kier alpha value is -2.17. The van der Waals surface area contributed by atoms with Crippen molar-refractivity contribution in [1.29, 1.82) is 0 Å². The molecular formula is C21H26N4O. The zero-order valence-electron chi connectivity index (χ0n) is 15.5. The quantitative estimate of drug-likeness (QED) is 0.673. The van der Waals surface area contributed by atoms with Crippen LogP contribution in [0.3, 0.4) is 0 Å². The van der Waals surface area contributed by atoms with Gasteiger partial charge in [-0.1, -0.05) is 6.07 Å². The van der Waals surface area contributed by atoms with Crippen LogP contribution in [0.25, 0.3) is 5.65 Å². The van der Waals surface area contributed by atoms with Gasteiger partial charge >= 0.3 is 0 Å². The monoisotopic (exact) mass is 350 g/mol. The molecule has 0 saturated heterocycles. The number of pyridine rings is 1. The lowest BCUT2D eigenvalue weighted by Crippen LogP contribution is -2.49. The molecule has 5 heteroatoms. The highest BCUT2D eigenvalue weighted by Gasteiger charge is 2.52. The molecule has 4 bridgehead atoms. The van der Waals surface area contributed by atoms with Gasteiger partial charge in [-0.25, -0.2) is 10.4 Å². The van der Waals surface area contributed by atoms with Crippen molar-refractivity contribution in [2.24, 2.45) is 28.3 Å². The zero-order chi connectivity index (χ0) is 17.9. The second-order valence-electron chi connectivity index (χ2n) is 8.81. The van der Waals surface area contributed by atoms with Gasteiger partial charge in [0.1, 0.15) is 11.3 Å². The summed E-state index contributed by atoms with van der Waals surface area (Å²) in [6.45, 7) is 3.99. The Morgan fingerprint density at radius 2 is 1.85 bits per heavy atom. The van der Waals surface area contributed by atoms with Gasteiger partial charge in [0.25, 0.3) is 5.91 Å². The van der Waals surface area contributed by atoms with Crippen LogP contribution in [0.15, 0.2) is 29.5 Å². The number of imidazole rings is 1. The summed E-state index contributed by atoms with van der Waals surface area (Å²) in [4.78, 5) is 17.3. The molecule has 0 aromatic carbocycles. The van der Waals surface area contributed by atoms with E-state index in [1.165, 1.54) is 38.5 Å². The Morgan fingerprint density at radius 3 is 2.50 bits per heavy atom. The van der Waals surface area contributed by atoms with Crippen LogP contribution in [0.2, 0.25) is 0 Å². The maximum Gasteiger partial charge on any atom is 0.290 e. The molecule has 4 aliphatic carbocycles. The molecule has 2 aromatic heterocycles. The molecule has 0 spiro atoms. The smallest absolute Gasteiger partial charge is 0.290 e. The van der Waals surface area contributed by atoms with Gasteiger partial charge in [0, 0.05) is 17.3 Å². The minimum atomic E-state index is -0.176. The summed E-state index contributed by atoms with van der Waals surface area (Å²) in [6.07, 6.45) is 9.91. The maximum absolute atomic E-state index is 12.8. The van der Waals surface area contributed by atoms with E-state index in [4.69, 9.17) is 0 Å². The number of hydrazone groups is 1. The Bertz CT molecular complexity index is 875. The number of carbonyl (C=O) groups excluding carboxylic acids is 1. The van der Waals surface area contributed by atoms with Gasteiger partial charge in [0.05, 0.1) is 5.69 Å². The third-order valence-electron chi connectivity index (χ3n) is 7.05. The average Bonchev–Trinajstić information content (AvgIpc) is 2.94. The van der Waals surface area contributed by atoms with Crippen LogP contribution in [-0.4, -0.2) is 21.0 Å². The van der Waals surface area contributed by atoms with Crippen molar-refractivity contribution < 1.29 is 4.79 Å². The molecule has 2 heterocycles. The van der Waals surface area contributed by atoms with E-state index >= 15 is 0 Å². The maximum atomic E-state index is 12.8. The summed E-state index contributed by atoms with van der Waals surface area (Å²) in [6, 6.07) is 5.75. The van der Waals surface area contributed by atoms with E-state index in [-0.39, 0.29) is 11.3 Å². The van der Waals surface area contributed by atoms with Gasteiger partial charge in [-0.05, 0) is 82.3 Å². The summed E-state index contributed by atoms with van der Waals surface area (Å²) in [7, 11) is 0. The molecule has 5 nitrogen and oxygen atoms in total. The molecule has 0 unspecified atom stereocenters. The number of aromatic nitrogens is 2. The highest BCUT2D eigenvalue weighted by Crippen LogP contribution is 2.60. The van der Waals surface area contributed by atoms with Crippen molar-refractivity contribution in [3.05, 3.63) is 35.8 Å². The number of hydrogen-bond acceptors (Lipinski definition) is 3. The van der Waals surface area contributed by atoms with E-state index in [0.29, 0.717) is 5.69 Å². The number of amides is 1. The second-order valence-corrected chi connectivity index (χ2v) is 8.81. The summed E-state index contributed by atoms with van der Waals surface area (Å²) < 4.78 is 1.83. The Morgan fingerprint density at radius 1 is 1.19 bits per heavy atom. The molecule has 0 radical (unpaired) electrons. The van der Waals surface area contributed by atoms with Crippen molar-refractivity contribution in [1.82, 2.24) is 14.8 Å². The first-order chi connectivity index (χ1) is 12.5. The molecule has 4 fully saturated rings. The Balaban J connectivity index is 1.39. The van der Waals surface area contributed by atoms with Crippen LogP contribution < -0.4 is 5.43 Å². The number of nitrogens with zero attached hydrogens (tertiary/aromatic N) is 3. The molecule has 4 saturated carbocycles. The SMILES string of the molecule is C/C(=N/NC(=O)c1c(C)nc2ccccn12)C12CC3CC(CC(C3)C1)C2. The molecule has 0 atom stereocenters. The second kappa shape index (κ2) is 5.66. The van der Waals surface area contributed by atoms with Gasteiger partial charge in [0.15, 0.2) is 0 Å². The first-order valence-corrected chi connectivity index (χ1v) is 9.83. The number of aryl methyl sites for hydroxylation is 1. The summed E-state index contributed by atoms with van der Waals surface area (Å²) in [5.74, 6) is 2.46. The van der Waals surface area contributed by atoms with Crippen molar-refractivity contribution in [3.63, 3.8) is 0 Å². The van der Waals surface area contributed by atoms with E-state index in [2.05, 4.69) is 22.4 Å². The summed E-state index contributed by atoms with van der Waals surface area (Å²) >= 11 is 0. The van der Waals surface area contributed by atoms with Crippen LogP contribution in [0.5, 0.6) is 0 Å². The number of rotatable bonds is 3. The topological polar surface area (TPSA) is 58.8 Å². The molecule has 6 rings (SSSR count). The first kappa shape index (κ1) is 16.0. The van der Waals surface area contributed by atoms with Crippen molar-refractivity contribution in [3.8, 4) is 0 Å². The van der Waals surface area contributed by atoms with E-state index in [9.17, 15) is 4.79 Å². The van der Waals surface area contributed by atoms with Crippen LogP contribution in [-0.2, 0) is 0 Å². The molecular weight excluding hydrogens is 324 g/mol. The van der Waals surface area contributed by atoms with Crippen LogP contribution >= 0.6 is 0 Å². The Labute approximate surface area is 153 Å². The number of hydrogen-bond donors (Lipinski definition) is 1. The van der Waals surface area contributed by atoms with Crippen molar-refractivity contribution in [2.45, 2.75) is 52.4 Å². The third kappa shape index (κ3) is 2.40. The summed E-state index contributed by atoms with van der Waals surface area (Å²) in [5, 5.41) is 4.59. The average molecular weight is 350 g/mol. The fourth-order valence-electron chi connectivity index (χ4n) is 6.25. The van der Waals surface area contributed by atoms with E-state index < -0.39 is 0 Å². The first-order valence-electron chi connectivity index (χ1n) is 9.83. The number of carbonyl (C=O) groups is 1. The zero-order valence-corrected chi connectivity index (χ0v) is 15.5. The van der Waals surface area contributed by atoms with Gasteiger partial charge in [-0.3, -0.25) is 9.20 Å². The van der Waals surface area contributed by atoms with Crippen LogP contribution in [0.4, 0.5) is 0 Å². The summed E-state index contributed by atoms with van der Waals surface area (Å²) in [5.41, 5.74) is 6.28. The van der Waals surface area contributed by atoms with Crippen molar-refractivity contribution >= 4 is 17.3 Å². The highest BCUT2D eigenvalue weighted by molar-refractivity contribution is 5.96. The van der Waals surface area contributed by atoms with Crippen molar-refractivity contribution in [2.75, 3.05) is 0 Å². The third-order valence-corrected chi connectivity index (χ3v) is 7.05. The van der Waals surface area contributed by atoms with E-state index in [1.54, 1.807) is 0 Å². The Kier molecular flexibility index (Phi) is 3.49. The predicted octanol–water partition coefficient (Wildman–Crippen LogP) is 3.96. The number of nitrogens with one attached hydrogen (secondary N) is 1. The molecule has 1 amide bonds. The minimum Gasteiger partial charge on any atom is -0.295 e. The lowest BCUT2D eigenvalue weighted by atomic mass is 9.48. The fraction of sp³-hybridized carbons (Fsp3) is 0.571. The highest BCUT2D eigenvalue weighted by atomic mass is 16.2. The molecule has 136 valence electrons. The van der Waals surface area contributed by atoms with Crippen LogP contribution in [0, 0.1) is 30.1 Å². The lowest BCUT2D eigenvalue weighted by molar-refractivity contribution is -0.0128. The molecule has 26 heavy (non-hydrogen) atoms. The van der Waals surface area contributed by atoms with Gasteiger partial charge in [-0.2, -0.15) is 5.10 Å². The van der Waals surface area contributed by atoms with Crippen LogP contribution in [0.1, 0.15) is 61.6 Å². The molecule has 2 aromatic rings. The van der Waals surface area contributed by atoms with Gasteiger partial charge in [-0.15, -0.1) is 0 Å².